The summed E-state index contributed by atoms with van der Waals surface area (Å²) in [7, 11) is 0.680. The van der Waals surface area contributed by atoms with Crippen LogP contribution >= 0.6 is 0 Å². The van der Waals surface area contributed by atoms with Gasteiger partial charge in [0.15, 0.2) is 0 Å². The number of rotatable bonds is 8. The van der Waals surface area contributed by atoms with Crippen molar-refractivity contribution < 1.29 is 22.6 Å². The molecule has 7 heteroatoms. The van der Waals surface area contributed by atoms with Crippen LogP contribution in [0.3, 0.4) is 0 Å². The van der Waals surface area contributed by atoms with Crippen molar-refractivity contribution in [2.45, 2.75) is 11.4 Å². The van der Waals surface area contributed by atoms with E-state index in [4.69, 9.17) is 14.2 Å². The van der Waals surface area contributed by atoms with Gasteiger partial charge in [0.05, 0.1) is 38.5 Å². The molecule has 0 aromatic heterocycles. The molecule has 0 spiro atoms. The Bertz CT molecular complexity index is 1050. The van der Waals surface area contributed by atoms with Crippen LogP contribution in [0.2, 0.25) is 0 Å². The summed E-state index contributed by atoms with van der Waals surface area (Å²) in [6.45, 7) is 0.138. The molecular formula is C22H23NO5S. The number of ether oxygens (including phenoxy) is 3. The number of benzene rings is 3. The molecule has 0 saturated heterocycles. The summed E-state index contributed by atoms with van der Waals surface area (Å²) in [5.74, 6) is 1.54. The highest BCUT2D eigenvalue weighted by Crippen LogP contribution is 2.37. The van der Waals surface area contributed by atoms with Gasteiger partial charge in [-0.05, 0) is 42.0 Å². The van der Waals surface area contributed by atoms with Crippen LogP contribution in [0.15, 0.2) is 77.7 Å². The normalized spacial score (nSPS) is 11.0. The zero-order valence-corrected chi connectivity index (χ0v) is 17.3. The van der Waals surface area contributed by atoms with Gasteiger partial charge in [0.2, 0.25) is 0 Å². The minimum Gasteiger partial charge on any atom is -0.497 e. The zero-order valence-electron chi connectivity index (χ0n) is 16.5. The molecule has 152 valence electrons. The fraction of sp³-hybridized carbons (Fsp3) is 0.182. The number of nitrogens with zero attached hydrogens (tertiary/aromatic N) is 1. The fourth-order valence-corrected chi connectivity index (χ4v) is 4.37. The first-order valence-corrected chi connectivity index (χ1v) is 10.4. The SMILES string of the molecule is COc1ccc(S(=O)(=O)N(Cc2ccccc2)c2cc(OC)ccc2OC)cc1. The molecule has 3 aromatic carbocycles. The lowest BCUT2D eigenvalue weighted by molar-refractivity contribution is 0.403. The monoisotopic (exact) mass is 413 g/mol. The van der Waals surface area contributed by atoms with E-state index < -0.39 is 10.0 Å². The Morgan fingerprint density at radius 1 is 0.759 bits per heavy atom. The number of hydrogen-bond acceptors (Lipinski definition) is 5. The largest absolute Gasteiger partial charge is 0.497 e. The van der Waals surface area contributed by atoms with Crippen molar-refractivity contribution in [3.63, 3.8) is 0 Å². The summed E-state index contributed by atoms with van der Waals surface area (Å²) < 4.78 is 44.4. The fourth-order valence-electron chi connectivity index (χ4n) is 2.92. The molecule has 6 nitrogen and oxygen atoms in total. The second-order valence-electron chi connectivity index (χ2n) is 6.21. The molecule has 0 N–H and O–H groups in total. The quantitative estimate of drug-likeness (QED) is 0.556. The van der Waals surface area contributed by atoms with E-state index in [0.29, 0.717) is 22.9 Å². The van der Waals surface area contributed by atoms with Crippen molar-refractivity contribution >= 4 is 15.7 Å². The average Bonchev–Trinajstić information content (AvgIpc) is 2.77. The first-order valence-electron chi connectivity index (χ1n) is 8.92. The van der Waals surface area contributed by atoms with E-state index in [1.807, 2.05) is 30.3 Å². The third kappa shape index (κ3) is 4.46. The Kier molecular flexibility index (Phi) is 6.29. The number of hydrogen-bond donors (Lipinski definition) is 0. The van der Waals surface area contributed by atoms with Crippen molar-refractivity contribution in [1.29, 1.82) is 0 Å². The number of sulfonamides is 1. The molecule has 0 saturated carbocycles. The molecule has 0 heterocycles. The van der Waals surface area contributed by atoms with Crippen LogP contribution in [-0.4, -0.2) is 29.7 Å². The summed E-state index contributed by atoms with van der Waals surface area (Å²) in [6, 6.07) is 20.8. The molecule has 0 radical (unpaired) electrons. The second kappa shape index (κ2) is 8.87. The van der Waals surface area contributed by atoms with Crippen LogP contribution in [-0.2, 0) is 16.6 Å². The van der Waals surface area contributed by atoms with Crippen LogP contribution in [0.1, 0.15) is 5.56 Å². The van der Waals surface area contributed by atoms with Gasteiger partial charge in [-0.25, -0.2) is 8.42 Å². The predicted octanol–water partition coefficient (Wildman–Crippen LogP) is 4.11. The third-order valence-electron chi connectivity index (χ3n) is 4.47. The van der Waals surface area contributed by atoms with E-state index in [-0.39, 0.29) is 11.4 Å². The smallest absolute Gasteiger partial charge is 0.264 e. The van der Waals surface area contributed by atoms with Gasteiger partial charge >= 0.3 is 0 Å². The molecule has 0 aliphatic rings. The molecule has 3 rings (SSSR count). The summed E-state index contributed by atoms with van der Waals surface area (Å²) in [4.78, 5) is 0.152. The maximum atomic E-state index is 13.6. The van der Waals surface area contributed by atoms with Crippen molar-refractivity contribution in [2.24, 2.45) is 0 Å². The minimum atomic E-state index is -3.89. The molecular weight excluding hydrogens is 390 g/mol. The lowest BCUT2D eigenvalue weighted by atomic mass is 10.2. The Hall–Kier alpha value is -3.19. The molecule has 0 aliphatic carbocycles. The number of methoxy groups -OCH3 is 3. The third-order valence-corrected chi connectivity index (χ3v) is 6.25. The van der Waals surface area contributed by atoms with Gasteiger partial charge < -0.3 is 14.2 Å². The van der Waals surface area contributed by atoms with Crippen LogP contribution in [0.4, 0.5) is 5.69 Å². The first-order chi connectivity index (χ1) is 14.0. The van der Waals surface area contributed by atoms with Gasteiger partial charge in [0.1, 0.15) is 17.2 Å². The molecule has 0 atom stereocenters. The molecule has 0 aliphatic heterocycles. The van der Waals surface area contributed by atoms with Gasteiger partial charge in [-0.2, -0.15) is 0 Å². The highest BCUT2D eigenvalue weighted by Gasteiger charge is 2.28. The first kappa shape index (κ1) is 20.5. The Morgan fingerprint density at radius 3 is 1.97 bits per heavy atom. The van der Waals surface area contributed by atoms with Crippen LogP contribution in [0, 0.1) is 0 Å². The summed E-state index contributed by atoms with van der Waals surface area (Å²) in [5.41, 5.74) is 1.24. The van der Waals surface area contributed by atoms with Crippen LogP contribution in [0.5, 0.6) is 17.2 Å². The highest BCUT2D eigenvalue weighted by atomic mass is 32.2. The highest BCUT2D eigenvalue weighted by molar-refractivity contribution is 7.92. The van der Waals surface area contributed by atoms with Gasteiger partial charge in [-0.1, -0.05) is 30.3 Å². The maximum absolute atomic E-state index is 13.6. The van der Waals surface area contributed by atoms with Crippen molar-refractivity contribution in [2.75, 3.05) is 25.6 Å². The summed E-state index contributed by atoms with van der Waals surface area (Å²) in [6.07, 6.45) is 0. The van der Waals surface area contributed by atoms with E-state index in [2.05, 4.69) is 0 Å². The van der Waals surface area contributed by atoms with E-state index in [1.165, 1.54) is 37.8 Å². The van der Waals surface area contributed by atoms with E-state index in [9.17, 15) is 8.42 Å². The Morgan fingerprint density at radius 2 is 1.38 bits per heavy atom. The molecule has 0 amide bonds. The van der Waals surface area contributed by atoms with Gasteiger partial charge in [0.25, 0.3) is 10.0 Å². The number of anilines is 1. The lowest BCUT2D eigenvalue weighted by Gasteiger charge is -2.26. The van der Waals surface area contributed by atoms with Gasteiger partial charge in [0, 0.05) is 6.07 Å². The topological polar surface area (TPSA) is 65.1 Å². The van der Waals surface area contributed by atoms with Crippen LogP contribution < -0.4 is 18.5 Å². The Balaban J connectivity index is 2.15. The molecule has 29 heavy (non-hydrogen) atoms. The molecule has 3 aromatic rings. The molecule has 0 fully saturated rings. The predicted molar refractivity (Wildman–Crippen MR) is 112 cm³/mol. The van der Waals surface area contributed by atoms with Crippen molar-refractivity contribution in [3.05, 3.63) is 78.4 Å². The molecule has 0 unspecified atom stereocenters. The van der Waals surface area contributed by atoms with E-state index >= 15 is 0 Å². The van der Waals surface area contributed by atoms with E-state index in [0.717, 1.165) is 5.56 Å². The zero-order chi connectivity index (χ0) is 20.9. The minimum absolute atomic E-state index is 0.138. The summed E-state index contributed by atoms with van der Waals surface area (Å²) >= 11 is 0. The van der Waals surface area contributed by atoms with Crippen LogP contribution in [0.25, 0.3) is 0 Å². The summed E-state index contributed by atoms with van der Waals surface area (Å²) in [5, 5.41) is 0. The van der Waals surface area contributed by atoms with Crippen molar-refractivity contribution in [3.8, 4) is 17.2 Å². The molecule has 0 bridgehead atoms. The van der Waals surface area contributed by atoms with Gasteiger partial charge in [-0.3, -0.25) is 4.31 Å². The standard InChI is InChI=1S/C22H23NO5S/c1-26-18-9-12-20(13-10-18)29(24,25)23(16-17-7-5-4-6-8-17)21-15-19(27-2)11-14-22(21)28-3/h4-15H,16H2,1-3H3. The maximum Gasteiger partial charge on any atom is 0.264 e. The van der Waals surface area contributed by atoms with Crippen molar-refractivity contribution in [1.82, 2.24) is 0 Å². The second-order valence-corrected chi connectivity index (χ2v) is 8.07. The Labute approximate surface area is 171 Å². The average molecular weight is 413 g/mol. The van der Waals surface area contributed by atoms with Gasteiger partial charge in [-0.15, -0.1) is 0 Å². The van der Waals surface area contributed by atoms with E-state index in [1.54, 1.807) is 30.3 Å². The lowest BCUT2D eigenvalue weighted by Crippen LogP contribution is -2.31.